The van der Waals surface area contributed by atoms with Gasteiger partial charge >= 0.3 is 0 Å². The molecule has 0 fully saturated rings. The van der Waals surface area contributed by atoms with Crippen LogP contribution in [0.25, 0.3) is 11.4 Å². The summed E-state index contributed by atoms with van der Waals surface area (Å²) in [6, 6.07) is 2.87. The molecule has 3 nitrogen and oxygen atoms in total. The average molecular weight is 222 g/mol. The fraction of sp³-hybridized carbons (Fsp3) is 0.0909. The van der Waals surface area contributed by atoms with Crippen LogP contribution in [0.2, 0.25) is 0 Å². The molecule has 2 aromatic rings. The molecule has 0 spiro atoms. The molecule has 2 rings (SSSR count). The SMILES string of the molecule is Cc1ccc(-c2nc(C=O)c[nH]2)c(F)c1F. The van der Waals surface area contributed by atoms with Gasteiger partial charge in [-0.3, -0.25) is 4.79 Å². The number of nitrogens with zero attached hydrogens (tertiary/aromatic N) is 1. The number of halogens is 2. The Balaban J connectivity index is 2.56. The lowest BCUT2D eigenvalue weighted by Crippen LogP contribution is -1.94. The minimum absolute atomic E-state index is 0.0104. The summed E-state index contributed by atoms with van der Waals surface area (Å²) in [4.78, 5) is 16.8. The van der Waals surface area contributed by atoms with Gasteiger partial charge in [-0.15, -0.1) is 0 Å². The van der Waals surface area contributed by atoms with E-state index in [1.54, 1.807) is 0 Å². The monoisotopic (exact) mass is 222 g/mol. The minimum atomic E-state index is -0.966. The van der Waals surface area contributed by atoms with Gasteiger partial charge < -0.3 is 4.98 Å². The van der Waals surface area contributed by atoms with Crippen LogP contribution in [-0.2, 0) is 0 Å². The van der Waals surface area contributed by atoms with Gasteiger partial charge in [0.05, 0.1) is 5.56 Å². The number of carbonyl (C=O) groups excluding carboxylic acids is 1. The fourth-order valence-electron chi connectivity index (χ4n) is 1.36. The van der Waals surface area contributed by atoms with Crippen molar-refractivity contribution >= 4 is 6.29 Å². The zero-order valence-electron chi connectivity index (χ0n) is 8.42. The van der Waals surface area contributed by atoms with Crippen LogP contribution in [0, 0.1) is 18.6 Å². The molecule has 1 heterocycles. The maximum absolute atomic E-state index is 13.5. The molecule has 0 saturated heterocycles. The molecule has 1 aromatic heterocycles. The normalized spacial score (nSPS) is 10.4. The number of rotatable bonds is 2. The zero-order valence-corrected chi connectivity index (χ0v) is 8.42. The summed E-state index contributed by atoms with van der Waals surface area (Å²) in [5.74, 6) is -1.73. The van der Waals surface area contributed by atoms with Crippen LogP contribution >= 0.6 is 0 Å². The summed E-state index contributed by atoms with van der Waals surface area (Å²) < 4.78 is 26.8. The molecule has 5 heteroatoms. The second-order valence-electron chi connectivity index (χ2n) is 3.35. The number of nitrogens with one attached hydrogen (secondary N) is 1. The molecule has 82 valence electrons. The Kier molecular flexibility index (Phi) is 2.52. The Morgan fingerprint density at radius 1 is 1.31 bits per heavy atom. The molecule has 1 aromatic carbocycles. The highest BCUT2D eigenvalue weighted by Crippen LogP contribution is 2.23. The topological polar surface area (TPSA) is 45.8 Å². The Labute approximate surface area is 90.1 Å². The molecule has 0 radical (unpaired) electrons. The molecule has 0 unspecified atom stereocenters. The lowest BCUT2D eigenvalue weighted by atomic mass is 10.1. The number of imidazole rings is 1. The van der Waals surface area contributed by atoms with Crippen molar-refractivity contribution < 1.29 is 13.6 Å². The van der Waals surface area contributed by atoms with Crippen LogP contribution < -0.4 is 0 Å². The van der Waals surface area contributed by atoms with E-state index in [1.807, 2.05) is 0 Å². The average Bonchev–Trinajstić information content (AvgIpc) is 2.74. The second kappa shape index (κ2) is 3.84. The molecule has 0 aliphatic rings. The van der Waals surface area contributed by atoms with Gasteiger partial charge in [0, 0.05) is 6.20 Å². The van der Waals surface area contributed by atoms with Gasteiger partial charge in [0.15, 0.2) is 17.9 Å². The third-order valence-corrected chi connectivity index (χ3v) is 2.25. The number of aromatic nitrogens is 2. The fourth-order valence-corrected chi connectivity index (χ4v) is 1.36. The third-order valence-electron chi connectivity index (χ3n) is 2.25. The summed E-state index contributed by atoms with van der Waals surface area (Å²) >= 11 is 0. The van der Waals surface area contributed by atoms with Crippen molar-refractivity contribution in [2.45, 2.75) is 6.92 Å². The molecule has 1 N–H and O–H groups in total. The summed E-state index contributed by atoms with van der Waals surface area (Å²) in [5, 5.41) is 0. The van der Waals surface area contributed by atoms with Crippen LogP contribution in [-0.4, -0.2) is 16.3 Å². The number of carbonyl (C=O) groups is 1. The second-order valence-corrected chi connectivity index (χ2v) is 3.35. The van der Waals surface area contributed by atoms with Gasteiger partial charge in [0.2, 0.25) is 0 Å². The van der Waals surface area contributed by atoms with E-state index < -0.39 is 11.6 Å². The van der Waals surface area contributed by atoms with Crippen molar-refractivity contribution in [3.63, 3.8) is 0 Å². The maximum atomic E-state index is 13.5. The predicted molar refractivity (Wildman–Crippen MR) is 54.1 cm³/mol. The van der Waals surface area contributed by atoms with Gasteiger partial charge in [-0.1, -0.05) is 6.07 Å². The molecule has 0 saturated carbocycles. The van der Waals surface area contributed by atoms with Crippen molar-refractivity contribution in [2.24, 2.45) is 0 Å². The van der Waals surface area contributed by atoms with Crippen LogP contribution in [0.1, 0.15) is 16.1 Å². The molecular formula is C11H8F2N2O. The largest absolute Gasteiger partial charge is 0.344 e. The number of hydrogen-bond acceptors (Lipinski definition) is 2. The highest BCUT2D eigenvalue weighted by Gasteiger charge is 2.14. The van der Waals surface area contributed by atoms with E-state index in [4.69, 9.17) is 0 Å². The lowest BCUT2D eigenvalue weighted by Gasteiger charge is -2.02. The number of aromatic amines is 1. The first-order chi connectivity index (χ1) is 7.63. The van der Waals surface area contributed by atoms with Crippen LogP contribution in [0.5, 0.6) is 0 Å². The maximum Gasteiger partial charge on any atom is 0.170 e. The van der Waals surface area contributed by atoms with E-state index in [0.717, 1.165) is 0 Å². The molecule has 0 bridgehead atoms. The molecule has 16 heavy (non-hydrogen) atoms. The van der Waals surface area contributed by atoms with Gasteiger partial charge in [0.1, 0.15) is 11.5 Å². The number of benzene rings is 1. The Hall–Kier alpha value is -2.04. The van der Waals surface area contributed by atoms with Crippen molar-refractivity contribution in [1.29, 1.82) is 0 Å². The summed E-state index contributed by atoms with van der Waals surface area (Å²) in [6.45, 7) is 1.47. The highest BCUT2D eigenvalue weighted by atomic mass is 19.2. The number of aldehydes is 1. The predicted octanol–water partition coefficient (Wildman–Crippen LogP) is 2.48. The zero-order chi connectivity index (χ0) is 11.7. The first-order valence-electron chi connectivity index (χ1n) is 4.59. The van der Waals surface area contributed by atoms with Crippen LogP contribution in [0.15, 0.2) is 18.3 Å². The van der Waals surface area contributed by atoms with E-state index in [-0.39, 0.29) is 22.6 Å². The first-order valence-corrected chi connectivity index (χ1v) is 4.59. The lowest BCUT2D eigenvalue weighted by molar-refractivity contribution is 0.111. The van der Waals surface area contributed by atoms with Crippen LogP contribution in [0.3, 0.4) is 0 Å². The summed E-state index contributed by atoms with van der Waals surface area (Å²) in [6.07, 6.45) is 1.86. The molecule has 0 aliphatic heterocycles. The first kappa shape index (κ1) is 10.5. The van der Waals surface area contributed by atoms with Crippen molar-refractivity contribution in [3.05, 3.63) is 41.2 Å². The smallest absolute Gasteiger partial charge is 0.170 e. The number of H-pyrrole nitrogens is 1. The highest BCUT2D eigenvalue weighted by molar-refractivity contribution is 5.73. The molecule has 0 amide bonds. The molecule has 0 atom stereocenters. The van der Waals surface area contributed by atoms with E-state index in [1.165, 1.54) is 25.3 Å². The minimum Gasteiger partial charge on any atom is -0.344 e. The van der Waals surface area contributed by atoms with E-state index in [0.29, 0.717) is 6.29 Å². The van der Waals surface area contributed by atoms with Crippen molar-refractivity contribution in [3.8, 4) is 11.4 Å². The third kappa shape index (κ3) is 1.60. The Bertz CT molecular complexity index is 549. The van der Waals surface area contributed by atoms with Crippen molar-refractivity contribution in [1.82, 2.24) is 9.97 Å². The van der Waals surface area contributed by atoms with E-state index >= 15 is 0 Å². The van der Waals surface area contributed by atoms with Gasteiger partial charge in [0.25, 0.3) is 0 Å². The Morgan fingerprint density at radius 2 is 2.06 bits per heavy atom. The molecule has 0 aliphatic carbocycles. The van der Waals surface area contributed by atoms with Crippen LogP contribution in [0.4, 0.5) is 8.78 Å². The Morgan fingerprint density at radius 3 is 2.69 bits per heavy atom. The summed E-state index contributed by atoms with van der Waals surface area (Å²) in [5.41, 5.74) is 0.384. The van der Waals surface area contributed by atoms with Gasteiger partial charge in [-0.05, 0) is 18.6 Å². The number of hydrogen-bond donors (Lipinski definition) is 1. The van der Waals surface area contributed by atoms with E-state index in [2.05, 4.69) is 9.97 Å². The van der Waals surface area contributed by atoms with Gasteiger partial charge in [-0.25, -0.2) is 13.8 Å². The van der Waals surface area contributed by atoms with Crippen molar-refractivity contribution in [2.75, 3.05) is 0 Å². The standard InChI is InChI=1S/C11H8F2N2O/c1-6-2-3-8(10(13)9(6)12)11-14-4-7(5-16)15-11/h2-5H,1H3,(H,14,15). The molecular weight excluding hydrogens is 214 g/mol. The summed E-state index contributed by atoms with van der Waals surface area (Å²) in [7, 11) is 0. The van der Waals surface area contributed by atoms with Gasteiger partial charge in [-0.2, -0.15) is 0 Å². The quantitative estimate of drug-likeness (QED) is 0.793. The van der Waals surface area contributed by atoms with E-state index in [9.17, 15) is 13.6 Å². The number of aryl methyl sites for hydroxylation is 1.